The molecule has 1 aromatic carbocycles. The third-order valence-corrected chi connectivity index (χ3v) is 6.36. The predicted molar refractivity (Wildman–Crippen MR) is 80.1 cm³/mol. The van der Waals surface area contributed by atoms with E-state index < -0.39 is 10.1 Å². The molecule has 21 heavy (non-hydrogen) atoms. The molecule has 0 heterocycles. The van der Waals surface area contributed by atoms with Crippen molar-refractivity contribution in [1.82, 2.24) is 0 Å². The Morgan fingerprint density at radius 1 is 1.05 bits per heavy atom. The fraction of sp³-hybridized carbons (Fsp3) is 0.412. The lowest BCUT2D eigenvalue weighted by atomic mass is 9.90. The van der Waals surface area contributed by atoms with Crippen LogP contribution in [0.4, 0.5) is 0 Å². The maximum atomic E-state index is 12.4. The van der Waals surface area contributed by atoms with Crippen molar-refractivity contribution in [3.8, 4) is 0 Å². The SMILES string of the molecule is Cc1ccc(S(=O)(=O)O[C@H]2C[C@@H]3C=C[C@@H]4C=C[C@H]2[C@H]43)cc1. The molecule has 0 N–H and O–H groups in total. The first-order valence-corrected chi connectivity index (χ1v) is 8.82. The molecule has 3 aliphatic rings. The van der Waals surface area contributed by atoms with Gasteiger partial charge in [-0.25, -0.2) is 0 Å². The Morgan fingerprint density at radius 2 is 1.76 bits per heavy atom. The van der Waals surface area contributed by atoms with Crippen molar-refractivity contribution in [3.63, 3.8) is 0 Å². The fourth-order valence-corrected chi connectivity index (χ4v) is 5.10. The second kappa shape index (κ2) is 4.55. The fourth-order valence-electron chi connectivity index (χ4n) is 3.99. The maximum absolute atomic E-state index is 12.4. The van der Waals surface area contributed by atoms with Crippen molar-refractivity contribution in [2.24, 2.45) is 23.7 Å². The van der Waals surface area contributed by atoms with E-state index in [0.717, 1.165) is 12.0 Å². The molecule has 3 nitrogen and oxygen atoms in total. The molecule has 1 saturated carbocycles. The molecule has 110 valence electrons. The molecule has 1 aromatic rings. The second-order valence-corrected chi connectivity index (χ2v) is 7.88. The molecular formula is C17H18O3S. The number of aryl methyl sites for hydroxylation is 1. The summed E-state index contributed by atoms with van der Waals surface area (Å²) in [7, 11) is -3.67. The van der Waals surface area contributed by atoms with Crippen LogP contribution in [0.15, 0.2) is 53.5 Å². The molecule has 4 heteroatoms. The molecule has 0 unspecified atom stereocenters. The van der Waals surface area contributed by atoms with Crippen molar-refractivity contribution < 1.29 is 12.6 Å². The third kappa shape index (κ3) is 2.09. The van der Waals surface area contributed by atoms with Gasteiger partial charge in [-0.1, -0.05) is 42.0 Å². The third-order valence-electron chi connectivity index (χ3n) is 5.01. The van der Waals surface area contributed by atoms with E-state index in [4.69, 9.17) is 4.18 Å². The van der Waals surface area contributed by atoms with Gasteiger partial charge in [0, 0.05) is 5.92 Å². The molecule has 0 amide bonds. The molecule has 0 radical (unpaired) electrons. The quantitative estimate of drug-likeness (QED) is 0.636. The van der Waals surface area contributed by atoms with Crippen molar-refractivity contribution >= 4 is 10.1 Å². The van der Waals surface area contributed by atoms with Crippen LogP contribution in [-0.2, 0) is 14.3 Å². The number of benzene rings is 1. The predicted octanol–water partition coefficient (Wildman–Crippen LogP) is 3.08. The molecule has 0 bridgehead atoms. The Morgan fingerprint density at radius 3 is 2.52 bits per heavy atom. The zero-order valence-corrected chi connectivity index (χ0v) is 12.7. The lowest BCUT2D eigenvalue weighted by Gasteiger charge is -2.19. The molecule has 0 aromatic heterocycles. The average molecular weight is 302 g/mol. The molecule has 0 saturated heterocycles. The summed E-state index contributed by atoms with van der Waals surface area (Å²) < 4.78 is 30.4. The monoisotopic (exact) mass is 302 g/mol. The molecule has 1 fully saturated rings. The Bertz CT molecular complexity index is 715. The molecule has 5 atom stereocenters. The number of hydrogen-bond donors (Lipinski definition) is 0. The number of rotatable bonds is 3. The van der Waals surface area contributed by atoms with Gasteiger partial charge in [0.1, 0.15) is 0 Å². The van der Waals surface area contributed by atoms with Gasteiger partial charge in [0.15, 0.2) is 0 Å². The average Bonchev–Trinajstić information content (AvgIpc) is 3.08. The summed E-state index contributed by atoms with van der Waals surface area (Å²) in [6.45, 7) is 1.94. The van der Waals surface area contributed by atoms with Gasteiger partial charge in [-0.05, 0) is 43.2 Å². The van der Waals surface area contributed by atoms with Crippen LogP contribution >= 0.6 is 0 Å². The van der Waals surface area contributed by atoms with E-state index in [2.05, 4.69) is 24.3 Å². The zero-order valence-electron chi connectivity index (χ0n) is 11.8. The summed E-state index contributed by atoms with van der Waals surface area (Å²) in [5.41, 5.74) is 1.04. The smallest absolute Gasteiger partial charge is 0.262 e. The van der Waals surface area contributed by atoms with Crippen LogP contribution in [0.5, 0.6) is 0 Å². The summed E-state index contributed by atoms with van der Waals surface area (Å²) in [6.07, 6.45) is 9.40. The molecular weight excluding hydrogens is 284 g/mol. The Balaban J connectivity index is 1.58. The lowest BCUT2D eigenvalue weighted by Crippen LogP contribution is -2.23. The Hall–Kier alpha value is -1.39. The molecule has 4 rings (SSSR count). The van der Waals surface area contributed by atoms with Crippen LogP contribution in [0.2, 0.25) is 0 Å². The Kier molecular flexibility index (Phi) is 2.88. The highest BCUT2D eigenvalue weighted by Crippen LogP contribution is 2.53. The largest absolute Gasteiger partial charge is 0.297 e. The van der Waals surface area contributed by atoms with E-state index in [1.807, 2.05) is 6.92 Å². The first-order valence-electron chi connectivity index (χ1n) is 7.41. The van der Waals surface area contributed by atoms with E-state index in [0.29, 0.717) is 17.8 Å². The summed E-state index contributed by atoms with van der Waals surface area (Å²) in [5.74, 6) is 1.70. The van der Waals surface area contributed by atoms with E-state index in [1.54, 1.807) is 24.3 Å². The topological polar surface area (TPSA) is 43.4 Å². The minimum absolute atomic E-state index is 0.225. The van der Waals surface area contributed by atoms with Gasteiger partial charge < -0.3 is 0 Å². The van der Waals surface area contributed by atoms with Crippen molar-refractivity contribution in [3.05, 3.63) is 54.1 Å². The van der Waals surface area contributed by atoms with E-state index in [1.165, 1.54) is 0 Å². The molecule has 3 aliphatic carbocycles. The van der Waals surface area contributed by atoms with Gasteiger partial charge in [-0.2, -0.15) is 8.42 Å². The van der Waals surface area contributed by atoms with E-state index >= 15 is 0 Å². The van der Waals surface area contributed by atoms with Crippen LogP contribution in [0, 0.1) is 30.6 Å². The van der Waals surface area contributed by atoms with Gasteiger partial charge >= 0.3 is 0 Å². The van der Waals surface area contributed by atoms with Gasteiger partial charge in [0.25, 0.3) is 10.1 Å². The van der Waals surface area contributed by atoms with Crippen molar-refractivity contribution in [2.45, 2.75) is 24.3 Å². The van der Waals surface area contributed by atoms with E-state index in [-0.39, 0.29) is 16.9 Å². The van der Waals surface area contributed by atoms with Crippen LogP contribution in [-0.4, -0.2) is 14.5 Å². The zero-order chi connectivity index (χ0) is 14.6. The van der Waals surface area contributed by atoms with Gasteiger partial charge in [-0.15, -0.1) is 0 Å². The number of hydrogen-bond acceptors (Lipinski definition) is 3. The van der Waals surface area contributed by atoms with Crippen LogP contribution < -0.4 is 0 Å². The summed E-state index contributed by atoms with van der Waals surface area (Å²) in [6, 6.07) is 6.84. The highest BCUT2D eigenvalue weighted by Gasteiger charge is 2.50. The minimum Gasteiger partial charge on any atom is -0.262 e. The first-order chi connectivity index (χ1) is 10.0. The van der Waals surface area contributed by atoms with Crippen LogP contribution in [0.25, 0.3) is 0 Å². The Labute approximate surface area is 125 Å². The standard InChI is InChI=1S/C17H18O3S/c1-11-2-7-14(8-3-11)21(18,19)20-16-10-13-5-4-12-6-9-15(16)17(12)13/h2-9,12-13,15-17H,10H2,1H3/t12-,13+,15-,16+,17-/m1/s1. The van der Waals surface area contributed by atoms with Gasteiger partial charge in [-0.3, -0.25) is 4.18 Å². The maximum Gasteiger partial charge on any atom is 0.297 e. The van der Waals surface area contributed by atoms with Crippen LogP contribution in [0.3, 0.4) is 0 Å². The van der Waals surface area contributed by atoms with Gasteiger partial charge in [0.2, 0.25) is 0 Å². The van der Waals surface area contributed by atoms with E-state index in [9.17, 15) is 8.42 Å². The molecule has 0 aliphatic heterocycles. The minimum atomic E-state index is -3.67. The molecule has 0 spiro atoms. The van der Waals surface area contributed by atoms with Crippen molar-refractivity contribution in [1.29, 1.82) is 0 Å². The number of allylic oxidation sites excluding steroid dienone is 3. The van der Waals surface area contributed by atoms with Gasteiger partial charge in [0.05, 0.1) is 11.0 Å². The van der Waals surface area contributed by atoms with Crippen LogP contribution in [0.1, 0.15) is 12.0 Å². The first kappa shape index (κ1) is 13.3. The normalized spacial score (nSPS) is 36.3. The lowest BCUT2D eigenvalue weighted by molar-refractivity contribution is 0.176. The summed E-state index contributed by atoms with van der Waals surface area (Å²) in [5, 5.41) is 0. The highest BCUT2D eigenvalue weighted by atomic mass is 32.2. The summed E-state index contributed by atoms with van der Waals surface area (Å²) >= 11 is 0. The summed E-state index contributed by atoms with van der Waals surface area (Å²) in [4.78, 5) is 0.249. The second-order valence-electron chi connectivity index (χ2n) is 6.30. The highest BCUT2D eigenvalue weighted by molar-refractivity contribution is 7.86. The van der Waals surface area contributed by atoms with Crippen molar-refractivity contribution in [2.75, 3.05) is 0 Å².